The number of para-hydroxylation sites is 1. The number of likely N-dealkylation sites (tertiary alicyclic amines) is 1. The standard InChI is InChI=1S/C17H26N2O/c1-2-8-18-11-14-7-9-19(12-14)13-16-10-15-5-3-4-6-17(15)20-16/h3-6,14,16,18H,2,7-13H2,1H3. The molecule has 0 saturated carbocycles. The Morgan fingerprint density at radius 2 is 2.25 bits per heavy atom. The predicted molar refractivity (Wildman–Crippen MR) is 82.3 cm³/mol. The second kappa shape index (κ2) is 6.59. The maximum absolute atomic E-state index is 6.05. The molecule has 0 spiro atoms. The van der Waals surface area contributed by atoms with Gasteiger partial charge in [0.1, 0.15) is 11.9 Å². The lowest BCUT2D eigenvalue weighted by atomic mass is 10.1. The van der Waals surface area contributed by atoms with Gasteiger partial charge in [0.2, 0.25) is 0 Å². The average molecular weight is 274 g/mol. The van der Waals surface area contributed by atoms with Crippen molar-refractivity contribution in [3.8, 4) is 5.75 Å². The van der Waals surface area contributed by atoms with Crippen LogP contribution in [0.25, 0.3) is 0 Å². The number of fused-ring (bicyclic) bond motifs is 1. The third-order valence-electron chi connectivity index (χ3n) is 4.41. The second-order valence-corrected chi connectivity index (χ2v) is 6.17. The van der Waals surface area contributed by atoms with E-state index in [1.807, 2.05) is 0 Å². The first-order chi connectivity index (χ1) is 9.85. The molecule has 0 aromatic heterocycles. The summed E-state index contributed by atoms with van der Waals surface area (Å²) in [6, 6.07) is 8.45. The first kappa shape index (κ1) is 13.9. The van der Waals surface area contributed by atoms with Crippen molar-refractivity contribution in [1.29, 1.82) is 0 Å². The van der Waals surface area contributed by atoms with E-state index in [0.29, 0.717) is 6.10 Å². The lowest BCUT2D eigenvalue weighted by Gasteiger charge is -2.20. The van der Waals surface area contributed by atoms with E-state index in [0.717, 1.165) is 31.2 Å². The zero-order valence-electron chi connectivity index (χ0n) is 12.5. The van der Waals surface area contributed by atoms with E-state index in [9.17, 15) is 0 Å². The molecule has 0 bridgehead atoms. The van der Waals surface area contributed by atoms with Gasteiger partial charge in [0.15, 0.2) is 0 Å². The molecule has 20 heavy (non-hydrogen) atoms. The van der Waals surface area contributed by atoms with Crippen LogP contribution in [0.3, 0.4) is 0 Å². The van der Waals surface area contributed by atoms with Crippen LogP contribution in [-0.4, -0.2) is 43.7 Å². The summed E-state index contributed by atoms with van der Waals surface area (Å²) < 4.78 is 6.05. The lowest BCUT2D eigenvalue weighted by Crippen LogP contribution is -2.34. The molecule has 3 rings (SSSR count). The molecule has 3 heteroatoms. The molecular weight excluding hydrogens is 248 g/mol. The maximum Gasteiger partial charge on any atom is 0.123 e. The second-order valence-electron chi connectivity index (χ2n) is 6.17. The minimum absolute atomic E-state index is 0.356. The summed E-state index contributed by atoms with van der Waals surface area (Å²) in [5, 5.41) is 3.55. The SMILES string of the molecule is CCCNCC1CCN(CC2Cc3ccccc3O2)C1. The van der Waals surface area contributed by atoms with Crippen molar-refractivity contribution in [2.75, 3.05) is 32.7 Å². The van der Waals surface area contributed by atoms with Gasteiger partial charge in [-0.3, -0.25) is 4.90 Å². The largest absolute Gasteiger partial charge is 0.488 e. The molecule has 0 amide bonds. The number of hydrogen-bond acceptors (Lipinski definition) is 3. The van der Waals surface area contributed by atoms with Crippen LogP contribution in [0.4, 0.5) is 0 Å². The molecule has 1 aromatic carbocycles. The van der Waals surface area contributed by atoms with Gasteiger partial charge in [0, 0.05) is 19.5 Å². The van der Waals surface area contributed by atoms with Crippen molar-refractivity contribution >= 4 is 0 Å². The topological polar surface area (TPSA) is 24.5 Å². The zero-order chi connectivity index (χ0) is 13.8. The van der Waals surface area contributed by atoms with Crippen LogP contribution in [0.1, 0.15) is 25.3 Å². The van der Waals surface area contributed by atoms with Gasteiger partial charge in [-0.15, -0.1) is 0 Å². The smallest absolute Gasteiger partial charge is 0.123 e. The van der Waals surface area contributed by atoms with Gasteiger partial charge in [-0.1, -0.05) is 25.1 Å². The normalized spacial score (nSPS) is 25.6. The van der Waals surface area contributed by atoms with E-state index < -0.39 is 0 Å². The van der Waals surface area contributed by atoms with Gasteiger partial charge in [-0.05, 0) is 50.0 Å². The van der Waals surface area contributed by atoms with Crippen LogP contribution < -0.4 is 10.1 Å². The van der Waals surface area contributed by atoms with Gasteiger partial charge in [0.25, 0.3) is 0 Å². The van der Waals surface area contributed by atoms with E-state index in [1.54, 1.807) is 0 Å². The molecule has 1 fully saturated rings. The van der Waals surface area contributed by atoms with Crippen LogP contribution in [0, 0.1) is 5.92 Å². The molecule has 2 atom stereocenters. The molecule has 2 heterocycles. The Hall–Kier alpha value is -1.06. The van der Waals surface area contributed by atoms with E-state index >= 15 is 0 Å². The summed E-state index contributed by atoms with van der Waals surface area (Å²) in [4.78, 5) is 2.58. The fraction of sp³-hybridized carbons (Fsp3) is 0.647. The number of benzene rings is 1. The number of nitrogens with zero attached hydrogens (tertiary/aromatic N) is 1. The highest BCUT2D eigenvalue weighted by Gasteiger charge is 2.28. The summed E-state index contributed by atoms with van der Waals surface area (Å²) in [6.07, 6.45) is 3.99. The predicted octanol–water partition coefficient (Wildman–Crippen LogP) is 2.31. The number of ether oxygens (including phenoxy) is 1. The first-order valence-corrected chi connectivity index (χ1v) is 8.02. The molecular formula is C17H26N2O. The molecule has 2 aliphatic rings. The molecule has 0 radical (unpaired) electrons. The van der Waals surface area contributed by atoms with Crippen molar-refractivity contribution < 1.29 is 4.74 Å². The first-order valence-electron chi connectivity index (χ1n) is 8.02. The van der Waals surface area contributed by atoms with Crippen LogP contribution in [-0.2, 0) is 6.42 Å². The quantitative estimate of drug-likeness (QED) is 0.806. The van der Waals surface area contributed by atoms with Gasteiger partial charge >= 0.3 is 0 Å². The highest BCUT2D eigenvalue weighted by atomic mass is 16.5. The third-order valence-corrected chi connectivity index (χ3v) is 4.41. The van der Waals surface area contributed by atoms with E-state index in [1.165, 1.54) is 38.0 Å². The van der Waals surface area contributed by atoms with Gasteiger partial charge < -0.3 is 10.1 Å². The molecule has 110 valence electrons. The zero-order valence-corrected chi connectivity index (χ0v) is 12.5. The minimum Gasteiger partial charge on any atom is -0.488 e. The number of hydrogen-bond donors (Lipinski definition) is 1. The van der Waals surface area contributed by atoms with Crippen molar-refractivity contribution in [2.45, 2.75) is 32.3 Å². The molecule has 0 aliphatic carbocycles. The van der Waals surface area contributed by atoms with Crippen LogP contribution in [0.5, 0.6) is 5.75 Å². The number of rotatable bonds is 6. The fourth-order valence-electron chi connectivity index (χ4n) is 3.37. The monoisotopic (exact) mass is 274 g/mol. The Kier molecular flexibility index (Phi) is 4.58. The Balaban J connectivity index is 1.42. The Bertz CT molecular complexity index is 410. The lowest BCUT2D eigenvalue weighted by molar-refractivity contribution is 0.165. The van der Waals surface area contributed by atoms with Gasteiger partial charge in [-0.25, -0.2) is 0 Å². The summed E-state index contributed by atoms with van der Waals surface area (Å²) in [6.45, 7) is 8.09. The van der Waals surface area contributed by atoms with E-state index in [2.05, 4.69) is 41.4 Å². The van der Waals surface area contributed by atoms with Crippen LogP contribution in [0.2, 0.25) is 0 Å². The fourth-order valence-corrected chi connectivity index (χ4v) is 3.37. The van der Waals surface area contributed by atoms with E-state index in [4.69, 9.17) is 4.74 Å². The number of nitrogens with one attached hydrogen (secondary N) is 1. The van der Waals surface area contributed by atoms with Crippen molar-refractivity contribution in [3.05, 3.63) is 29.8 Å². The molecule has 1 saturated heterocycles. The third kappa shape index (κ3) is 3.33. The summed E-state index contributed by atoms with van der Waals surface area (Å²) in [5.41, 5.74) is 1.37. The molecule has 2 aliphatic heterocycles. The van der Waals surface area contributed by atoms with Crippen molar-refractivity contribution in [2.24, 2.45) is 5.92 Å². The van der Waals surface area contributed by atoms with Crippen LogP contribution >= 0.6 is 0 Å². The highest BCUT2D eigenvalue weighted by molar-refractivity contribution is 5.37. The molecule has 1 N–H and O–H groups in total. The summed E-state index contributed by atoms with van der Waals surface area (Å²) >= 11 is 0. The van der Waals surface area contributed by atoms with Crippen molar-refractivity contribution in [1.82, 2.24) is 10.2 Å². The Labute approximate surface area is 122 Å². The van der Waals surface area contributed by atoms with Crippen molar-refractivity contribution in [3.63, 3.8) is 0 Å². The van der Waals surface area contributed by atoms with Crippen LogP contribution in [0.15, 0.2) is 24.3 Å². The highest BCUT2D eigenvalue weighted by Crippen LogP contribution is 2.29. The maximum atomic E-state index is 6.05. The average Bonchev–Trinajstić information content (AvgIpc) is 3.05. The Morgan fingerprint density at radius 1 is 1.35 bits per heavy atom. The molecule has 2 unspecified atom stereocenters. The molecule has 1 aromatic rings. The van der Waals surface area contributed by atoms with Gasteiger partial charge in [-0.2, -0.15) is 0 Å². The molecule has 3 nitrogen and oxygen atoms in total. The minimum atomic E-state index is 0.356. The van der Waals surface area contributed by atoms with Gasteiger partial charge in [0.05, 0.1) is 0 Å². The summed E-state index contributed by atoms with van der Waals surface area (Å²) in [7, 11) is 0. The van der Waals surface area contributed by atoms with E-state index in [-0.39, 0.29) is 0 Å². The summed E-state index contributed by atoms with van der Waals surface area (Å²) in [5.74, 6) is 1.92. The Morgan fingerprint density at radius 3 is 3.10 bits per heavy atom.